The van der Waals surface area contributed by atoms with Crippen molar-refractivity contribution in [2.75, 3.05) is 9.80 Å². The zero-order valence-corrected chi connectivity index (χ0v) is 42.7. The fraction of sp³-hybridized carbons (Fsp3) is 0. The largest absolute Gasteiger partial charge is 0.310 e. The van der Waals surface area contributed by atoms with Crippen LogP contribution in [0.2, 0.25) is 0 Å². The number of rotatable bonds is 10. The SMILES string of the molecule is c1ccc(-c2ccc(-n3c4cc(N(c5ccccc5)c5ccccc5-c5ccc(N(c6ccccc6)c6ccc7c(c6)c6ccccc6n7-c6ccccc6)cc5)ccc4c4c5sc6ccccc6c5ccc43)cc2)cc1. The van der Waals surface area contributed by atoms with E-state index in [-0.39, 0.29) is 0 Å². The Balaban J connectivity index is 0.869. The van der Waals surface area contributed by atoms with Gasteiger partial charge in [0, 0.05) is 87.1 Å². The van der Waals surface area contributed by atoms with E-state index in [0.29, 0.717) is 0 Å². The predicted octanol–water partition coefficient (Wildman–Crippen LogP) is 20.5. The Kier molecular flexibility index (Phi) is 10.7. The summed E-state index contributed by atoms with van der Waals surface area (Å²) in [5.41, 5.74) is 18.1. The van der Waals surface area contributed by atoms with Gasteiger partial charge in [0.15, 0.2) is 0 Å². The molecule has 0 saturated carbocycles. The summed E-state index contributed by atoms with van der Waals surface area (Å²) >= 11 is 1.89. The number of aromatic nitrogens is 2. The average Bonchev–Trinajstić information content (AvgIpc) is 4.35. The van der Waals surface area contributed by atoms with Crippen LogP contribution in [0, 0.1) is 0 Å². The van der Waals surface area contributed by atoms with Crippen molar-refractivity contribution in [3.05, 3.63) is 291 Å². The molecular weight excluding hydrogens is 953 g/mol. The van der Waals surface area contributed by atoms with Crippen molar-refractivity contribution in [2.45, 2.75) is 0 Å². The van der Waals surface area contributed by atoms with Gasteiger partial charge in [-0.1, -0.05) is 176 Å². The highest BCUT2D eigenvalue weighted by atomic mass is 32.1. The molecular formula is C72H48N4S. The molecule has 0 unspecified atom stereocenters. The van der Waals surface area contributed by atoms with Crippen LogP contribution < -0.4 is 9.80 Å². The first-order valence-corrected chi connectivity index (χ1v) is 27.1. The van der Waals surface area contributed by atoms with Crippen molar-refractivity contribution in [3.63, 3.8) is 0 Å². The molecule has 3 aromatic heterocycles. The van der Waals surface area contributed by atoms with Gasteiger partial charge in [-0.3, -0.25) is 0 Å². The first kappa shape index (κ1) is 44.5. The van der Waals surface area contributed by atoms with Gasteiger partial charge in [0.05, 0.1) is 27.8 Å². The van der Waals surface area contributed by atoms with Crippen LogP contribution in [0.3, 0.4) is 0 Å². The molecule has 0 aliphatic heterocycles. The zero-order valence-electron chi connectivity index (χ0n) is 41.9. The van der Waals surface area contributed by atoms with Crippen LogP contribution in [0.1, 0.15) is 0 Å². The summed E-state index contributed by atoms with van der Waals surface area (Å²) in [5.74, 6) is 0. The van der Waals surface area contributed by atoms with Gasteiger partial charge in [-0.05, 0) is 132 Å². The lowest BCUT2D eigenvalue weighted by Crippen LogP contribution is -2.11. The van der Waals surface area contributed by atoms with Crippen molar-refractivity contribution >= 4 is 109 Å². The van der Waals surface area contributed by atoms with Gasteiger partial charge in [-0.25, -0.2) is 0 Å². The maximum Gasteiger partial charge on any atom is 0.0562 e. The van der Waals surface area contributed by atoms with Crippen LogP contribution in [0.25, 0.3) is 97.4 Å². The van der Waals surface area contributed by atoms with Crippen LogP contribution in [0.15, 0.2) is 291 Å². The predicted molar refractivity (Wildman–Crippen MR) is 328 cm³/mol. The van der Waals surface area contributed by atoms with Crippen LogP contribution in [0.4, 0.5) is 34.1 Å². The van der Waals surface area contributed by atoms with Crippen LogP contribution in [-0.2, 0) is 0 Å². The highest BCUT2D eigenvalue weighted by Crippen LogP contribution is 2.48. The molecule has 5 heteroatoms. The molecule has 0 fully saturated rings. The summed E-state index contributed by atoms with van der Waals surface area (Å²) < 4.78 is 7.46. The van der Waals surface area contributed by atoms with Crippen LogP contribution >= 0.6 is 11.3 Å². The van der Waals surface area contributed by atoms with Gasteiger partial charge in [0.1, 0.15) is 0 Å². The molecule has 12 aromatic carbocycles. The fourth-order valence-corrected chi connectivity index (χ4v) is 13.1. The number of benzene rings is 12. The van der Waals surface area contributed by atoms with Crippen molar-refractivity contribution in [2.24, 2.45) is 0 Å². The van der Waals surface area contributed by atoms with E-state index in [1.807, 2.05) is 11.3 Å². The van der Waals surface area contributed by atoms with E-state index in [9.17, 15) is 0 Å². The van der Waals surface area contributed by atoms with Gasteiger partial charge in [-0.2, -0.15) is 0 Å². The third-order valence-corrected chi connectivity index (χ3v) is 16.5. The van der Waals surface area contributed by atoms with Gasteiger partial charge in [0.25, 0.3) is 0 Å². The van der Waals surface area contributed by atoms with Gasteiger partial charge in [0.2, 0.25) is 0 Å². The van der Waals surface area contributed by atoms with E-state index in [4.69, 9.17) is 0 Å². The molecule has 0 amide bonds. The van der Waals surface area contributed by atoms with E-state index >= 15 is 0 Å². The summed E-state index contributed by atoms with van der Waals surface area (Å²) in [6.45, 7) is 0. The minimum absolute atomic E-state index is 1.07. The molecule has 77 heavy (non-hydrogen) atoms. The average molecular weight is 1000 g/mol. The summed E-state index contributed by atoms with van der Waals surface area (Å²) in [6.07, 6.45) is 0. The smallest absolute Gasteiger partial charge is 0.0562 e. The summed E-state index contributed by atoms with van der Waals surface area (Å²) in [7, 11) is 0. The molecule has 3 heterocycles. The number of thiophene rings is 1. The molecule has 0 bridgehead atoms. The second-order valence-corrected chi connectivity index (χ2v) is 20.7. The minimum Gasteiger partial charge on any atom is -0.310 e. The summed E-state index contributed by atoms with van der Waals surface area (Å²) in [4.78, 5) is 4.80. The molecule has 0 spiro atoms. The molecule has 0 aliphatic carbocycles. The maximum atomic E-state index is 2.47. The number of anilines is 6. The third-order valence-electron chi connectivity index (χ3n) is 15.3. The molecule has 362 valence electrons. The molecule has 15 aromatic rings. The lowest BCUT2D eigenvalue weighted by Gasteiger charge is -2.28. The Morgan fingerprint density at radius 2 is 0.779 bits per heavy atom. The fourth-order valence-electron chi connectivity index (χ4n) is 11.8. The summed E-state index contributed by atoms with van der Waals surface area (Å²) in [5, 5.41) is 7.55. The van der Waals surface area contributed by atoms with E-state index in [0.717, 1.165) is 62.1 Å². The first-order chi connectivity index (χ1) is 38.2. The molecule has 4 nitrogen and oxygen atoms in total. The second-order valence-electron chi connectivity index (χ2n) is 19.7. The highest BCUT2D eigenvalue weighted by Gasteiger charge is 2.23. The Morgan fingerprint density at radius 3 is 1.55 bits per heavy atom. The molecule has 0 saturated heterocycles. The van der Waals surface area contributed by atoms with Gasteiger partial charge < -0.3 is 18.9 Å². The molecule has 0 N–H and O–H groups in total. The quantitative estimate of drug-likeness (QED) is 0.136. The van der Waals surface area contributed by atoms with Gasteiger partial charge in [-0.15, -0.1) is 11.3 Å². The Bertz CT molecular complexity index is 4660. The Labute approximate surface area is 450 Å². The van der Waals surface area contributed by atoms with Crippen LogP contribution in [0.5, 0.6) is 0 Å². The first-order valence-electron chi connectivity index (χ1n) is 26.2. The standard InChI is InChI=1S/C72H48N4S/c1-5-19-49(20-6-1)50-33-37-56(38-34-50)76-68-46-44-62-61-29-15-18-32-70(61)77-72(62)71(68)63-43-41-58(48-69(63)76)74(53-23-9-3-10-24-53)65-30-16-13-27-59(65)51-35-39-55(40-36-51)73(52-21-7-2-8-22-52)57-42-45-67-64(47-57)60-28-14-17-31-66(60)75(67)54-25-11-4-12-26-54/h1-48H. The van der Waals surface area contributed by atoms with E-state index < -0.39 is 0 Å². The minimum atomic E-state index is 1.07. The van der Waals surface area contributed by atoms with Crippen molar-refractivity contribution in [3.8, 4) is 33.6 Å². The van der Waals surface area contributed by atoms with Crippen molar-refractivity contribution in [1.29, 1.82) is 0 Å². The number of para-hydroxylation sites is 5. The molecule has 0 atom stereocenters. The van der Waals surface area contributed by atoms with Crippen LogP contribution in [-0.4, -0.2) is 9.13 Å². The molecule has 0 aliphatic rings. The normalized spacial score (nSPS) is 11.6. The van der Waals surface area contributed by atoms with E-state index in [1.165, 1.54) is 69.4 Å². The Morgan fingerprint density at radius 1 is 0.273 bits per heavy atom. The van der Waals surface area contributed by atoms with E-state index in [2.05, 4.69) is 310 Å². The van der Waals surface area contributed by atoms with Gasteiger partial charge >= 0.3 is 0 Å². The third kappa shape index (κ3) is 7.50. The lowest BCUT2D eigenvalue weighted by atomic mass is 10.0. The van der Waals surface area contributed by atoms with Crippen molar-refractivity contribution in [1.82, 2.24) is 9.13 Å². The van der Waals surface area contributed by atoms with Crippen molar-refractivity contribution < 1.29 is 0 Å². The zero-order chi connectivity index (χ0) is 50.8. The highest BCUT2D eigenvalue weighted by molar-refractivity contribution is 7.26. The number of fused-ring (bicyclic) bond motifs is 10. The Hall–Kier alpha value is -9.94. The number of nitrogens with zero attached hydrogens (tertiary/aromatic N) is 4. The topological polar surface area (TPSA) is 16.3 Å². The lowest BCUT2D eigenvalue weighted by molar-refractivity contribution is 1.18. The maximum absolute atomic E-state index is 2.47. The van der Waals surface area contributed by atoms with E-state index in [1.54, 1.807) is 0 Å². The second kappa shape index (κ2) is 18.5. The molecule has 0 radical (unpaired) electrons. The summed E-state index contributed by atoms with van der Waals surface area (Å²) in [6, 6.07) is 106. The number of hydrogen-bond donors (Lipinski definition) is 0. The number of hydrogen-bond acceptors (Lipinski definition) is 3. The molecule has 15 rings (SSSR count). The monoisotopic (exact) mass is 1000 g/mol.